The van der Waals surface area contributed by atoms with Crippen molar-refractivity contribution in [3.8, 4) is 5.75 Å². The zero-order valence-corrected chi connectivity index (χ0v) is 13.6. The molecular weight excluding hydrogens is 306 g/mol. The van der Waals surface area contributed by atoms with Gasteiger partial charge in [0, 0.05) is 17.5 Å². The number of rotatable bonds is 3. The van der Waals surface area contributed by atoms with Crippen LogP contribution in [0.25, 0.3) is 0 Å². The molecule has 0 radical (unpaired) electrons. The molecular formula is C19H19NO4. The number of aromatic carboxylic acids is 1. The molecule has 1 aliphatic heterocycles. The van der Waals surface area contributed by atoms with Crippen LogP contribution >= 0.6 is 0 Å². The van der Waals surface area contributed by atoms with Gasteiger partial charge in [-0.15, -0.1) is 0 Å². The van der Waals surface area contributed by atoms with Crippen LogP contribution < -0.4 is 10.1 Å². The predicted octanol–water partition coefficient (Wildman–Crippen LogP) is 3.42. The van der Waals surface area contributed by atoms with Gasteiger partial charge in [0.25, 0.3) is 5.91 Å². The molecule has 0 aromatic heterocycles. The third-order valence-corrected chi connectivity index (χ3v) is 4.05. The molecule has 1 atom stereocenters. The number of ether oxygens (including phenoxy) is 1. The monoisotopic (exact) mass is 325 g/mol. The highest BCUT2D eigenvalue weighted by Crippen LogP contribution is 2.39. The van der Waals surface area contributed by atoms with E-state index in [1.165, 1.54) is 12.1 Å². The van der Waals surface area contributed by atoms with E-state index in [4.69, 9.17) is 9.84 Å². The predicted molar refractivity (Wildman–Crippen MR) is 89.4 cm³/mol. The summed E-state index contributed by atoms with van der Waals surface area (Å²) in [7, 11) is 0. The van der Waals surface area contributed by atoms with Crippen molar-refractivity contribution in [1.29, 1.82) is 0 Å². The quantitative estimate of drug-likeness (QED) is 0.906. The van der Waals surface area contributed by atoms with Gasteiger partial charge in [0.1, 0.15) is 11.4 Å². The highest BCUT2D eigenvalue weighted by atomic mass is 16.5. The maximum atomic E-state index is 12.6. The lowest BCUT2D eigenvalue weighted by Gasteiger charge is -2.37. The van der Waals surface area contributed by atoms with Gasteiger partial charge < -0.3 is 15.2 Å². The Morgan fingerprint density at radius 1 is 1.12 bits per heavy atom. The van der Waals surface area contributed by atoms with E-state index in [1.54, 1.807) is 12.1 Å². The molecule has 0 aliphatic carbocycles. The van der Waals surface area contributed by atoms with Crippen LogP contribution in [0.3, 0.4) is 0 Å². The van der Waals surface area contributed by atoms with Crippen LogP contribution in [0, 0.1) is 0 Å². The number of para-hydroxylation sites is 1. The summed E-state index contributed by atoms with van der Waals surface area (Å²) in [5.74, 6) is -0.587. The van der Waals surface area contributed by atoms with Crippen LogP contribution in [-0.4, -0.2) is 22.6 Å². The average molecular weight is 325 g/mol. The Bertz CT molecular complexity index is 797. The normalized spacial score (nSPS) is 18.2. The first-order chi connectivity index (χ1) is 11.4. The van der Waals surface area contributed by atoms with Gasteiger partial charge in [0.15, 0.2) is 0 Å². The lowest BCUT2D eigenvalue weighted by Crippen LogP contribution is -2.41. The van der Waals surface area contributed by atoms with Crippen LogP contribution in [-0.2, 0) is 0 Å². The van der Waals surface area contributed by atoms with Crippen molar-refractivity contribution in [2.75, 3.05) is 0 Å². The van der Waals surface area contributed by atoms with Crippen LogP contribution in [0.2, 0.25) is 0 Å². The number of hydrogen-bond donors (Lipinski definition) is 2. The fraction of sp³-hybridized carbons (Fsp3) is 0.263. The lowest BCUT2D eigenvalue weighted by atomic mass is 9.89. The second-order valence-corrected chi connectivity index (χ2v) is 6.52. The molecule has 2 aromatic carbocycles. The third kappa shape index (κ3) is 3.25. The van der Waals surface area contributed by atoms with Crippen molar-refractivity contribution in [3.63, 3.8) is 0 Å². The van der Waals surface area contributed by atoms with Gasteiger partial charge in [-0.05, 0) is 38.1 Å². The number of nitrogens with one attached hydrogen (secondary N) is 1. The van der Waals surface area contributed by atoms with Gasteiger partial charge in [-0.3, -0.25) is 4.79 Å². The fourth-order valence-electron chi connectivity index (χ4n) is 2.97. The van der Waals surface area contributed by atoms with Gasteiger partial charge >= 0.3 is 5.97 Å². The Morgan fingerprint density at radius 3 is 2.58 bits per heavy atom. The van der Waals surface area contributed by atoms with Gasteiger partial charge in [-0.25, -0.2) is 4.79 Å². The molecule has 0 fully saturated rings. The van der Waals surface area contributed by atoms with Crippen molar-refractivity contribution in [2.24, 2.45) is 0 Å². The number of carbonyl (C=O) groups is 2. The number of amides is 1. The zero-order chi connectivity index (χ0) is 17.3. The molecule has 1 amide bonds. The maximum Gasteiger partial charge on any atom is 0.335 e. The first-order valence-corrected chi connectivity index (χ1v) is 7.78. The molecule has 3 rings (SSSR count). The summed E-state index contributed by atoms with van der Waals surface area (Å²) in [6.45, 7) is 3.96. The number of hydrogen-bond acceptors (Lipinski definition) is 3. The minimum atomic E-state index is -1.05. The van der Waals surface area contributed by atoms with Crippen LogP contribution in [0.1, 0.15) is 52.6 Å². The minimum Gasteiger partial charge on any atom is -0.487 e. The Balaban J connectivity index is 1.86. The van der Waals surface area contributed by atoms with Crippen molar-refractivity contribution in [3.05, 3.63) is 65.2 Å². The Labute approximate surface area is 140 Å². The van der Waals surface area contributed by atoms with Crippen LogP contribution in [0.15, 0.2) is 48.5 Å². The van der Waals surface area contributed by atoms with E-state index in [0.29, 0.717) is 12.0 Å². The summed E-state index contributed by atoms with van der Waals surface area (Å²) in [5.41, 5.74) is 0.960. The molecule has 5 nitrogen and oxygen atoms in total. The summed E-state index contributed by atoms with van der Waals surface area (Å²) in [4.78, 5) is 23.6. The number of benzene rings is 2. The van der Waals surface area contributed by atoms with E-state index in [-0.39, 0.29) is 17.5 Å². The molecule has 2 N–H and O–H groups in total. The second kappa shape index (κ2) is 6.00. The Hall–Kier alpha value is -2.82. The first kappa shape index (κ1) is 16.1. The van der Waals surface area contributed by atoms with E-state index in [1.807, 2.05) is 38.1 Å². The Morgan fingerprint density at radius 2 is 1.83 bits per heavy atom. The SMILES string of the molecule is CC1(C)CC(NC(=O)c2cccc(C(=O)O)c2)c2ccccc2O1. The molecule has 2 aromatic rings. The van der Waals surface area contributed by atoms with E-state index < -0.39 is 11.6 Å². The van der Waals surface area contributed by atoms with Gasteiger partial charge in [0.05, 0.1) is 11.6 Å². The molecule has 0 saturated carbocycles. The second-order valence-electron chi connectivity index (χ2n) is 6.52. The van der Waals surface area contributed by atoms with Crippen molar-refractivity contribution in [2.45, 2.75) is 31.9 Å². The first-order valence-electron chi connectivity index (χ1n) is 7.78. The van der Waals surface area contributed by atoms with E-state index in [2.05, 4.69) is 5.32 Å². The van der Waals surface area contributed by atoms with Crippen molar-refractivity contribution >= 4 is 11.9 Å². The molecule has 0 bridgehead atoms. The topological polar surface area (TPSA) is 75.6 Å². The number of carbonyl (C=O) groups excluding carboxylic acids is 1. The van der Waals surface area contributed by atoms with E-state index in [9.17, 15) is 9.59 Å². The number of carboxylic acid groups (broad SMARTS) is 1. The van der Waals surface area contributed by atoms with Gasteiger partial charge in [0.2, 0.25) is 0 Å². The van der Waals surface area contributed by atoms with Gasteiger partial charge in [-0.1, -0.05) is 24.3 Å². The van der Waals surface area contributed by atoms with Crippen LogP contribution in [0.4, 0.5) is 0 Å². The summed E-state index contributed by atoms with van der Waals surface area (Å²) in [6, 6.07) is 13.5. The molecule has 1 aliphatic rings. The molecule has 5 heteroatoms. The molecule has 24 heavy (non-hydrogen) atoms. The minimum absolute atomic E-state index is 0.0929. The molecule has 0 saturated heterocycles. The largest absolute Gasteiger partial charge is 0.487 e. The highest BCUT2D eigenvalue weighted by molar-refractivity contribution is 5.97. The highest BCUT2D eigenvalue weighted by Gasteiger charge is 2.34. The number of fused-ring (bicyclic) bond motifs is 1. The smallest absolute Gasteiger partial charge is 0.335 e. The third-order valence-electron chi connectivity index (χ3n) is 4.05. The molecule has 1 unspecified atom stereocenters. The van der Waals surface area contributed by atoms with E-state index in [0.717, 1.165) is 11.3 Å². The standard InChI is InChI=1S/C19H19NO4/c1-19(2)11-15(14-8-3-4-9-16(14)24-19)20-17(21)12-6-5-7-13(10-12)18(22)23/h3-10,15H,11H2,1-2H3,(H,20,21)(H,22,23). The molecule has 124 valence electrons. The summed E-state index contributed by atoms with van der Waals surface area (Å²) >= 11 is 0. The lowest BCUT2D eigenvalue weighted by molar-refractivity contribution is 0.0619. The van der Waals surface area contributed by atoms with Crippen molar-refractivity contribution in [1.82, 2.24) is 5.32 Å². The summed E-state index contributed by atoms with van der Waals surface area (Å²) in [6.07, 6.45) is 0.633. The maximum absolute atomic E-state index is 12.6. The van der Waals surface area contributed by atoms with Gasteiger partial charge in [-0.2, -0.15) is 0 Å². The number of carboxylic acids is 1. The molecule has 1 heterocycles. The zero-order valence-electron chi connectivity index (χ0n) is 13.6. The molecule has 0 spiro atoms. The fourth-order valence-corrected chi connectivity index (χ4v) is 2.97. The van der Waals surface area contributed by atoms with Crippen LogP contribution in [0.5, 0.6) is 5.75 Å². The Kier molecular flexibility index (Phi) is 4.01. The summed E-state index contributed by atoms with van der Waals surface area (Å²) in [5, 5.41) is 12.1. The average Bonchev–Trinajstić information content (AvgIpc) is 2.54. The van der Waals surface area contributed by atoms with E-state index >= 15 is 0 Å². The van der Waals surface area contributed by atoms with Crippen molar-refractivity contribution < 1.29 is 19.4 Å². The summed E-state index contributed by atoms with van der Waals surface area (Å²) < 4.78 is 5.96.